The van der Waals surface area contributed by atoms with Crippen molar-refractivity contribution in [3.05, 3.63) is 77.0 Å². The molecule has 8 nitrogen and oxygen atoms in total. The van der Waals surface area contributed by atoms with Crippen LogP contribution in [0.3, 0.4) is 0 Å². The zero-order chi connectivity index (χ0) is 25.3. The smallest absolute Gasteiger partial charge is 0.262 e. The quantitative estimate of drug-likeness (QED) is 0.473. The maximum atomic E-state index is 13.8. The lowest BCUT2D eigenvalue weighted by Gasteiger charge is -2.25. The molecule has 0 aliphatic heterocycles. The molecule has 2 N–H and O–H groups in total. The fraction of sp³-hybridized carbons (Fsp3) is 0.391. The first kappa shape index (κ1) is 25.6. The number of nitrogens with zero attached hydrogens (tertiary/aromatic N) is 4. The van der Waals surface area contributed by atoms with E-state index in [9.17, 15) is 24.2 Å². The third kappa shape index (κ3) is 4.03. The Morgan fingerprint density at radius 2 is 1.09 bits per heavy atom. The van der Waals surface area contributed by atoms with Gasteiger partial charge in [0.05, 0.1) is 17.0 Å². The van der Waals surface area contributed by atoms with E-state index in [1.807, 2.05) is 0 Å². The topological polar surface area (TPSA) is 94.3 Å². The zero-order valence-electron chi connectivity index (χ0n) is 19.4. The van der Waals surface area contributed by atoms with Gasteiger partial charge < -0.3 is 10.2 Å². The number of aromatic hydroxyl groups is 2. The van der Waals surface area contributed by atoms with Crippen LogP contribution in [0.5, 0.6) is 11.8 Å². The highest BCUT2D eigenvalue weighted by Gasteiger charge is 2.33. The number of hydrogen-bond acceptors (Lipinski definition) is 6. The molecule has 0 aliphatic carbocycles. The van der Waals surface area contributed by atoms with Gasteiger partial charge in [0.25, 0.3) is 11.1 Å². The average Bonchev–Trinajstić information content (AvgIpc) is 2.80. The van der Waals surface area contributed by atoms with Crippen LogP contribution in [-0.2, 0) is 26.2 Å². The third-order valence-electron chi connectivity index (χ3n) is 5.91. The standard InChI is InChI=1S/C23H27FN4O4S2/c1-5-25-18(29)16(19(30)26(6-2)22(25)33)15(13-9-11-14(24)12-10-13)17-20(31)27(7-3)23(34)28(8-4)21(17)32/h9-12,15,29,31H,5-8H2,1-4H3. The van der Waals surface area contributed by atoms with Crippen LogP contribution in [0.15, 0.2) is 33.9 Å². The van der Waals surface area contributed by atoms with Crippen LogP contribution in [0, 0.1) is 15.4 Å². The molecule has 34 heavy (non-hydrogen) atoms. The number of benzene rings is 1. The second-order valence-corrected chi connectivity index (χ2v) is 8.34. The van der Waals surface area contributed by atoms with E-state index in [-0.39, 0.29) is 46.8 Å². The Kier molecular flexibility index (Phi) is 7.57. The molecule has 3 aromatic rings. The van der Waals surface area contributed by atoms with Gasteiger partial charge in [-0.3, -0.25) is 27.9 Å². The van der Waals surface area contributed by atoms with E-state index in [4.69, 9.17) is 24.4 Å². The van der Waals surface area contributed by atoms with Crippen LogP contribution in [0.1, 0.15) is 50.3 Å². The van der Waals surface area contributed by atoms with Gasteiger partial charge in [0.2, 0.25) is 11.8 Å². The molecule has 0 saturated heterocycles. The van der Waals surface area contributed by atoms with Gasteiger partial charge in [-0.1, -0.05) is 12.1 Å². The Morgan fingerprint density at radius 3 is 1.41 bits per heavy atom. The summed E-state index contributed by atoms with van der Waals surface area (Å²) in [6.07, 6.45) is 0. The van der Waals surface area contributed by atoms with Crippen molar-refractivity contribution < 1.29 is 14.6 Å². The fourth-order valence-electron chi connectivity index (χ4n) is 4.19. The van der Waals surface area contributed by atoms with E-state index in [0.717, 1.165) is 0 Å². The van der Waals surface area contributed by atoms with Crippen molar-refractivity contribution in [2.75, 3.05) is 0 Å². The van der Waals surface area contributed by atoms with Gasteiger partial charge in [-0.25, -0.2) is 4.39 Å². The van der Waals surface area contributed by atoms with Crippen molar-refractivity contribution in [2.24, 2.45) is 0 Å². The molecule has 0 bridgehead atoms. The highest BCUT2D eigenvalue weighted by Crippen LogP contribution is 2.37. The van der Waals surface area contributed by atoms with Crippen LogP contribution in [0.4, 0.5) is 4.39 Å². The molecule has 11 heteroatoms. The first-order chi connectivity index (χ1) is 16.1. The normalized spacial score (nSPS) is 11.4. The molecule has 0 radical (unpaired) electrons. The molecule has 0 spiro atoms. The van der Waals surface area contributed by atoms with Gasteiger partial charge in [-0.05, 0) is 69.8 Å². The second kappa shape index (κ2) is 10.1. The summed E-state index contributed by atoms with van der Waals surface area (Å²) in [4.78, 5) is 27.2. The van der Waals surface area contributed by atoms with E-state index < -0.39 is 34.6 Å². The molecule has 0 unspecified atom stereocenters. The third-order valence-corrected chi connectivity index (χ3v) is 6.80. The van der Waals surface area contributed by atoms with Crippen LogP contribution >= 0.6 is 24.4 Å². The van der Waals surface area contributed by atoms with Gasteiger partial charge in [0.1, 0.15) is 5.82 Å². The first-order valence-corrected chi connectivity index (χ1v) is 11.8. The summed E-state index contributed by atoms with van der Waals surface area (Å²) in [6, 6.07) is 5.22. The SMILES string of the molecule is CCn1c(O)c(C(c2ccc(F)cc2)c2c(O)n(CC)c(=S)n(CC)c2=O)c(=O)n(CC)c1=S. The minimum absolute atomic E-state index is 0.133. The number of aromatic nitrogens is 4. The number of halogens is 1. The molecule has 0 saturated carbocycles. The maximum Gasteiger partial charge on any atom is 0.262 e. The molecule has 2 aromatic heterocycles. The van der Waals surface area contributed by atoms with Gasteiger partial charge in [-0.2, -0.15) is 0 Å². The summed E-state index contributed by atoms with van der Waals surface area (Å²) >= 11 is 10.8. The van der Waals surface area contributed by atoms with Crippen LogP contribution in [0.25, 0.3) is 0 Å². The summed E-state index contributed by atoms with van der Waals surface area (Å²) in [6.45, 7) is 7.98. The van der Waals surface area contributed by atoms with Crippen molar-refractivity contribution in [3.63, 3.8) is 0 Å². The van der Waals surface area contributed by atoms with Gasteiger partial charge in [0.15, 0.2) is 9.54 Å². The Morgan fingerprint density at radius 1 is 0.735 bits per heavy atom. The summed E-state index contributed by atoms with van der Waals surface area (Å²) in [5, 5.41) is 22.4. The second-order valence-electron chi connectivity index (χ2n) is 7.61. The molecule has 0 fully saturated rings. The molecule has 1 aromatic carbocycles. The van der Waals surface area contributed by atoms with Crippen LogP contribution in [-0.4, -0.2) is 28.5 Å². The molecule has 0 atom stereocenters. The monoisotopic (exact) mass is 506 g/mol. The maximum absolute atomic E-state index is 13.8. The van der Waals surface area contributed by atoms with Gasteiger partial charge in [0, 0.05) is 26.2 Å². The van der Waals surface area contributed by atoms with Crippen LogP contribution in [0.2, 0.25) is 0 Å². The minimum Gasteiger partial charge on any atom is -0.494 e. The minimum atomic E-state index is -1.21. The lowest BCUT2D eigenvalue weighted by Crippen LogP contribution is -2.34. The largest absolute Gasteiger partial charge is 0.494 e. The van der Waals surface area contributed by atoms with E-state index >= 15 is 0 Å². The molecular weight excluding hydrogens is 479 g/mol. The van der Waals surface area contributed by atoms with E-state index in [2.05, 4.69) is 0 Å². The van der Waals surface area contributed by atoms with Crippen molar-refractivity contribution >= 4 is 24.4 Å². The Bertz CT molecular complexity index is 1380. The Balaban J connectivity index is 2.61. The molecular formula is C23H27FN4O4S2. The van der Waals surface area contributed by atoms with Crippen LogP contribution < -0.4 is 11.1 Å². The molecule has 2 heterocycles. The number of rotatable bonds is 7. The molecule has 3 rings (SSSR count). The predicted molar refractivity (Wildman–Crippen MR) is 132 cm³/mol. The molecule has 0 amide bonds. The lowest BCUT2D eigenvalue weighted by atomic mass is 9.86. The Labute approximate surface area is 205 Å². The highest BCUT2D eigenvalue weighted by molar-refractivity contribution is 7.71. The Hall–Kier alpha value is -3.05. The summed E-state index contributed by atoms with van der Waals surface area (Å²) in [7, 11) is 0. The summed E-state index contributed by atoms with van der Waals surface area (Å²) in [5.41, 5.74) is -1.14. The van der Waals surface area contributed by atoms with Gasteiger partial charge >= 0.3 is 0 Å². The molecule has 0 aliphatic rings. The zero-order valence-corrected chi connectivity index (χ0v) is 21.0. The van der Waals surface area contributed by atoms with Crippen molar-refractivity contribution in [2.45, 2.75) is 59.8 Å². The molecule has 182 valence electrons. The lowest BCUT2D eigenvalue weighted by molar-refractivity contribution is 0.380. The average molecular weight is 507 g/mol. The highest BCUT2D eigenvalue weighted by atomic mass is 32.1. The van der Waals surface area contributed by atoms with Crippen molar-refractivity contribution in [3.8, 4) is 11.8 Å². The van der Waals surface area contributed by atoms with Crippen molar-refractivity contribution in [1.82, 2.24) is 18.3 Å². The van der Waals surface area contributed by atoms with E-state index in [0.29, 0.717) is 5.56 Å². The first-order valence-electron chi connectivity index (χ1n) is 11.0. The van der Waals surface area contributed by atoms with E-state index in [1.165, 1.54) is 42.5 Å². The summed E-state index contributed by atoms with van der Waals surface area (Å²) < 4.78 is 19.5. The number of hydrogen-bond donors (Lipinski definition) is 2. The van der Waals surface area contributed by atoms with E-state index in [1.54, 1.807) is 27.7 Å². The van der Waals surface area contributed by atoms with Crippen molar-refractivity contribution in [1.29, 1.82) is 0 Å². The fourth-order valence-corrected chi connectivity index (χ4v) is 5.04. The predicted octanol–water partition coefficient (Wildman–Crippen LogP) is 3.88. The van der Waals surface area contributed by atoms with Gasteiger partial charge in [-0.15, -0.1) is 0 Å². The summed E-state index contributed by atoms with van der Waals surface area (Å²) in [5.74, 6) is -2.55.